The highest BCUT2D eigenvalue weighted by molar-refractivity contribution is 5.85. The van der Waals surface area contributed by atoms with Gasteiger partial charge in [-0.15, -0.1) is 0 Å². The second-order valence-corrected chi connectivity index (χ2v) is 5.52. The van der Waals surface area contributed by atoms with Crippen molar-refractivity contribution >= 4 is 11.9 Å². The first-order valence-electron chi connectivity index (χ1n) is 6.59. The second-order valence-electron chi connectivity index (χ2n) is 5.52. The first-order valence-corrected chi connectivity index (χ1v) is 6.59. The van der Waals surface area contributed by atoms with Crippen molar-refractivity contribution in [3.63, 3.8) is 0 Å². The molecular formula is C14H24N2O3. The van der Waals surface area contributed by atoms with E-state index in [9.17, 15) is 14.7 Å². The number of hydrogen-bond acceptors (Lipinski definition) is 3. The van der Waals surface area contributed by atoms with E-state index in [1.54, 1.807) is 32.6 Å². The van der Waals surface area contributed by atoms with Crippen LogP contribution in [0.15, 0.2) is 0 Å². The largest absolute Gasteiger partial charge is 0.481 e. The predicted octanol–water partition coefficient (Wildman–Crippen LogP) is 2.13. The zero-order chi connectivity index (χ0) is 15.2. The summed E-state index contributed by atoms with van der Waals surface area (Å²) in [5.74, 6) is -1.55. The third-order valence-corrected chi connectivity index (χ3v) is 3.73. The van der Waals surface area contributed by atoms with Crippen LogP contribution in [0.2, 0.25) is 0 Å². The smallest absolute Gasteiger partial charge is 0.310 e. The number of nitrogens with zero attached hydrogens (tertiary/aromatic N) is 2. The lowest BCUT2D eigenvalue weighted by molar-refractivity contribution is -0.155. The average Bonchev–Trinajstić information content (AvgIpc) is 2.34. The lowest BCUT2D eigenvalue weighted by Crippen LogP contribution is -2.42. The molecule has 0 aliphatic rings. The summed E-state index contributed by atoms with van der Waals surface area (Å²) in [7, 11) is 0. The summed E-state index contributed by atoms with van der Waals surface area (Å²) in [6.07, 6.45) is -0.0357. The van der Waals surface area contributed by atoms with Gasteiger partial charge in [0.15, 0.2) is 0 Å². The zero-order valence-corrected chi connectivity index (χ0v) is 12.4. The minimum Gasteiger partial charge on any atom is -0.481 e. The van der Waals surface area contributed by atoms with Gasteiger partial charge in [0.1, 0.15) is 0 Å². The van der Waals surface area contributed by atoms with Crippen molar-refractivity contribution in [2.75, 3.05) is 13.1 Å². The number of carboxylic acids is 1. The molecule has 2 atom stereocenters. The molecule has 0 fully saturated rings. The Balaban J connectivity index is 4.90. The monoisotopic (exact) mass is 268 g/mol. The molecule has 0 aromatic heterocycles. The van der Waals surface area contributed by atoms with Crippen molar-refractivity contribution < 1.29 is 14.7 Å². The Kier molecular flexibility index (Phi) is 6.54. The van der Waals surface area contributed by atoms with Crippen molar-refractivity contribution in [2.45, 2.75) is 41.0 Å². The Bertz CT molecular complexity index is 373. The first-order chi connectivity index (χ1) is 8.68. The molecule has 0 aromatic rings. The average molecular weight is 268 g/mol. The van der Waals surface area contributed by atoms with E-state index in [0.717, 1.165) is 0 Å². The van der Waals surface area contributed by atoms with Gasteiger partial charge in [0.05, 0.1) is 17.4 Å². The zero-order valence-electron chi connectivity index (χ0n) is 12.4. The molecule has 5 nitrogen and oxygen atoms in total. The van der Waals surface area contributed by atoms with E-state index in [4.69, 9.17) is 5.26 Å². The van der Waals surface area contributed by atoms with Crippen LogP contribution < -0.4 is 0 Å². The van der Waals surface area contributed by atoms with Gasteiger partial charge >= 0.3 is 5.97 Å². The Labute approximate surface area is 115 Å². The molecule has 1 N–H and O–H groups in total. The van der Waals surface area contributed by atoms with Crippen molar-refractivity contribution in [3.8, 4) is 6.07 Å². The molecule has 0 bridgehead atoms. The summed E-state index contributed by atoms with van der Waals surface area (Å²) in [6.45, 7) is 9.60. The second kappa shape index (κ2) is 7.13. The molecular weight excluding hydrogens is 244 g/mol. The number of carbonyl (C=O) groups is 2. The SMILES string of the molecule is CCN(CC(C)C#N)C(=O)CC(C)(C(=O)O)C(C)C. The van der Waals surface area contributed by atoms with E-state index < -0.39 is 11.4 Å². The van der Waals surface area contributed by atoms with E-state index in [1.807, 2.05) is 6.92 Å². The molecule has 2 unspecified atom stereocenters. The van der Waals surface area contributed by atoms with E-state index in [0.29, 0.717) is 13.1 Å². The summed E-state index contributed by atoms with van der Waals surface area (Å²) < 4.78 is 0. The van der Waals surface area contributed by atoms with Gasteiger partial charge in [0, 0.05) is 19.5 Å². The molecule has 0 aliphatic carbocycles. The topological polar surface area (TPSA) is 81.4 Å². The Morgan fingerprint density at radius 1 is 1.37 bits per heavy atom. The maximum Gasteiger partial charge on any atom is 0.310 e. The van der Waals surface area contributed by atoms with Gasteiger partial charge in [-0.05, 0) is 26.7 Å². The number of carbonyl (C=O) groups excluding carboxylic acids is 1. The molecule has 1 amide bonds. The van der Waals surface area contributed by atoms with Gasteiger partial charge in [-0.2, -0.15) is 5.26 Å². The van der Waals surface area contributed by atoms with Crippen LogP contribution in [0.4, 0.5) is 0 Å². The number of aliphatic carboxylic acids is 1. The molecule has 0 saturated heterocycles. The maximum atomic E-state index is 12.2. The fourth-order valence-corrected chi connectivity index (χ4v) is 1.73. The molecule has 0 radical (unpaired) electrons. The summed E-state index contributed by atoms with van der Waals surface area (Å²) in [6, 6.07) is 2.08. The predicted molar refractivity (Wildman–Crippen MR) is 72.2 cm³/mol. The fraction of sp³-hybridized carbons (Fsp3) is 0.786. The van der Waals surface area contributed by atoms with Gasteiger partial charge < -0.3 is 10.0 Å². The molecule has 0 saturated carbocycles. The van der Waals surface area contributed by atoms with Gasteiger partial charge in [-0.25, -0.2) is 0 Å². The van der Waals surface area contributed by atoms with E-state index in [-0.39, 0.29) is 24.2 Å². The van der Waals surface area contributed by atoms with Crippen LogP contribution in [-0.2, 0) is 9.59 Å². The van der Waals surface area contributed by atoms with Crippen molar-refractivity contribution in [1.29, 1.82) is 5.26 Å². The minimum absolute atomic E-state index is 0.0357. The molecule has 0 rings (SSSR count). The van der Waals surface area contributed by atoms with Crippen LogP contribution in [-0.4, -0.2) is 35.0 Å². The quantitative estimate of drug-likeness (QED) is 0.767. The molecule has 19 heavy (non-hydrogen) atoms. The number of amides is 1. The van der Waals surface area contributed by atoms with Crippen molar-refractivity contribution in [2.24, 2.45) is 17.3 Å². The number of carboxylic acid groups (broad SMARTS) is 1. The first kappa shape index (κ1) is 17.4. The Morgan fingerprint density at radius 3 is 2.21 bits per heavy atom. The molecule has 0 aliphatic heterocycles. The maximum absolute atomic E-state index is 12.2. The summed E-state index contributed by atoms with van der Waals surface area (Å²) in [5, 5.41) is 18.1. The molecule has 108 valence electrons. The summed E-state index contributed by atoms with van der Waals surface area (Å²) in [4.78, 5) is 25.1. The van der Waals surface area contributed by atoms with Crippen LogP contribution in [0, 0.1) is 28.6 Å². The third-order valence-electron chi connectivity index (χ3n) is 3.73. The fourth-order valence-electron chi connectivity index (χ4n) is 1.73. The Hall–Kier alpha value is -1.57. The van der Waals surface area contributed by atoms with Crippen LogP contribution in [0.5, 0.6) is 0 Å². The lowest BCUT2D eigenvalue weighted by atomic mass is 9.76. The Morgan fingerprint density at radius 2 is 1.89 bits per heavy atom. The van der Waals surface area contributed by atoms with Gasteiger partial charge in [0.25, 0.3) is 0 Å². The van der Waals surface area contributed by atoms with Crippen molar-refractivity contribution in [1.82, 2.24) is 4.90 Å². The molecule has 0 aromatic carbocycles. The highest BCUT2D eigenvalue weighted by Crippen LogP contribution is 2.32. The molecule has 5 heteroatoms. The molecule has 0 spiro atoms. The standard InChI is InChI=1S/C14H24N2O3/c1-6-16(9-11(4)8-15)12(17)7-14(5,10(2)3)13(18)19/h10-11H,6-7,9H2,1-5H3,(H,18,19). The van der Waals surface area contributed by atoms with Gasteiger partial charge in [-0.1, -0.05) is 13.8 Å². The summed E-state index contributed by atoms with van der Waals surface area (Å²) >= 11 is 0. The molecule has 0 heterocycles. The van der Waals surface area contributed by atoms with E-state index >= 15 is 0 Å². The van der Waals surface area contributed by atoms with Crippen LogP contribution >= 0.6 is 0 Å². The minimum atomic E-state index is -1.07. The van der Waals surface area contributed by atoms with Gasteiger partial charge in [-0.3, -0.25) is 9.59 Å². The third kappa shape index (κ3) is 4.55. The highest BCUT2D eigenvalue weighted by atomic mass is 16.4. The lowest BCUT2D eigenvalue weighted by Gasteiger charge is -2.31. The normalized spacial score (nSPS) is 15.4. The van der Waals surface area contributed by atoms with Gasteiger partial charge in [0.2, 0.25) is 5.91 Å². The summed E-state index contributed by atoms with van der Waals surface area (Å²) in [5.41, 5.74) is -1.07. The van der Waals surface area contributed by atoms with E-state index in [2.05, 4.69) is 6.07 Å². The van der Waals surface area contributed by atoms with E-state index in [1.165, 1.54) is 0 Å². The number of hydrogen-bond donors (Lipinski definition) is 1. The van der Waals surface area contributed by atoms with Crippen LogP contribution in [0.3, 0.4) is 0 Å². The van der Waals surface area contributed by atoms with Crippen LogP contribution in [0.1, 0.15) is 41.0 Å². The van der Waals surface area contributed by atoms with Crippen LogP contribution in [0.25, 0.3) is 0 Å². The number of rotatable bonds is 7. The highest BCUT2D eigenvalue weighted by Gasteiger charge is 2.39. The number of nitriles is 1. The van der Waals surface area contributed by atoms with Crippen molar-refractivity contribution in [3.05, 3.63) is 0 Å².